The Labute approximate surface area is 188 Å². The summed E-state index contributed by atoms with van der Waals surface area (Å²) in [5.74, 6) is -1.52. The minimum absolute atomic E-state index is 0.0630. The molecule has 0 saturated carbocycles. The molecule has 0 bridgehead atoms. The molecule has 2 aromatic carbocycles. The average Bonchev–Trinajstić information content (AvgIpc) is 2.99. The van der Waals surface area contributed by atoms with Crippen LogP contribution in [-0.4, -0.2) is 27.6 Å². The quantitative estimate of drug-likeness (QED) is 0.553. The van der Waals surface area contributed by atoms with Crippen LogP contribution in [-0.2, 0) is 35.4 Å². The second kappa shape index (κ2) is 8.89. The molecule has 1 amide bonds. The number of aliphatic carboxylic acids is 1. The number of carbonyl (C=O) groups excluding carboxylic acids is 1. The van der Waals surface area contributed by atoms with Gasteiger partial charge >= 0.3 is 5.97 Å². The molecule has 2 N–H and O–H groups in total. The highest BCUT2D eigenvalue weighted by Gasteiger charge is 2.28. The lowest BCUT2D eigenvalue weighted by molar-refractivity contribution is -0.137. The molecular weight excluding hydrogens is 442 g/mol. The molecule has 4 rings (SSSR count). The predicted octanol–water partition coefficient (Wildman–Crippen LogP) is 4.78. The summed E-state index contributed by atoms with van der Waals surface area (Å²) in [6.45, 7) is -0.242. The van der Waals surface area contributed by atoms with Crippen molar-refractivity contribution in [1.82, 2.24) is 9.88 Å². The average molecular weight is 463 g/mol. The van der Waals surface area contributed by atoms with Crippen molar-refractivity contribution in [3.63, 3.8) is 0 Å². The van der Waals surface area contributed by atoms with E-state index in [0.717, 1.165) is 16.8 Å². The predicted molar refractivity (Wildman–Crippen MR) is 118 cm³/mol. The highest BCUT2D eigenvalue weighted by molar-refractivity contribution is 6.35. The zero-order chi connectivity index (χ0) is 22.1. The number of hydrogen-bond acceptors (Lipinski definition) is 2. The van der Waals surface area contributed by atoms with Crippen molar-refractivity contribution >= 4 is 46.0 Å². The topological polar surface area (TPSA) is 71.3 Å². The Morgan fingerprint density at radius 2 is 2.03 bits per heavy atom. The number of aromatic nitrogens is 1. The number of halogens is 3. The number of hydrogen-bond donors (Lipinski definition) is 2. The van der Waals surface area contributed by atoms with Gasteiger partial charge in [-0.3, -0.25) is 9.59 Å². The van der Waals surface area contributed by atoms with Gasteiger partial charge in [0.05, 0.1) is 10.5 Å². The number of rotatable bonds is 6. The molecular formula is C23H21Cl2FN2O3. The Balaban J connectivity index is 1.52. The Morgan fingerprint density at radius 1 is 1.23 bits per heavy atom. The van der Waals surface area contributed by atoms with Crippen LogP contribution in [0.4, 0.5) is 4.39 Å². The van der Waals surface area contributed by atoms with Crippen LogP contribution in [0.2, 0.25) is 10.0 Å². The first-order chi connectivity index (χ1) is 14.8. The summed E-state index contributed by atoms with van der Waals surface area (Å²) in [6, 6.07) is 9.91. The summed E-state index contributed by atoms with van der Waals surface area (Å²) in [6.07, 6.45) is 2.68. The van der Waals surface area contributed by atoms with Crippen LogP contribution in [0.15, 0.2) is 36.4 Å². The van der Waals surface area contributed by atoms with E-state index < -0.39 is 11.8 Å². The van der Waals surface area contributed by atoms with Gasteiger partial charge in [0.25, 0.3) is 0 Å². The summed E-state index contributed by atoms with van der Waals surface area (Å²) < 4.78 is 15.7. The third kappa shape index (κ3) is 4.70. The molecule has 0 radical (unpaired) electrons. The maximum atomic E-state index is 14.0. The van der Waals surface area contributed by atoms with Crippen LogP contribution in [0.1, 0.15) is 29.7 Å². The zero-order valence-electron chi connectivity index (χ0n) is 16.6. The van der Waals surface area contributed by atoms with Crippen LogP contribution in [0.5, 0.6) is 0 Å². The van der Waals surface area contributed by atoms with E-state index in [1.807, 2.05) is 18.2 Å². The lowest BCUT2D eigenvalue weighted by Crippen LogP contribution is -2.39. The molecule has 0 saturated heterocycles. The molecule has 0 aliphatic heterocycles. The first-order valence-electron chi connectivity index (χ1n) is 10.1. The largest absolute Gasteiger partial charge is 0.480 e. The monoisotopic (exact) mass is 462 g/mol. The van der Waals surface area contributed by atoms with Gasteiger partial charge < -0.3 is 15.0 Å². The smallest absolute Gasteiger partial charge is 0.323 e. The van der Waals surface area contributed by atoms with Crippen molar-refractivity contribution in [2.75, 3.05) is 0 Å². The fraction of sp³-hybridized carbons (Fsp3) is 0.304. The summed E-state index contributed by atoms with van der Waals surface area (Å²) in [7, 11) is 0. The van der Waals surface area contributed by atoms with Crippen molar-refractivity contribution in [2.45, 2.75) is 44.7 Å². The van der Waals surface area contributed by atoms with Crippen LogP contribution in [0.25, 0.3) is 10.9 Å². The van der Waals surface area contributed by atoms with Gasteiger partial charge in [-0.15, -0.1) is 0 Å². The number of amides is 1. The molecule has 0 fully saturated rings. The first-order valence-corrected chi connectivity index (χ1v) is 10.8. The number of carboxylic acids is 1. The maximum absolute atomic E-state index is 14.0. The number of aryl methyl sites for hydroxylation is 1. The molecule has 5 nitrogen and oxygen atoms in total. The van der Waals surface area contributed by atoms with E-state index in [1.54, 1.807) is 10.6 Å². The van der Waals surface area contributed by atoms with Crippen molar-refractivity contribution in [2.24, 2.45) is 0 Å². The van der Waals surface area contributed by atoms with Crippen molar-refractivity contribution < 1.29 is 19.1 Å². The van der Waals surface area contributed by atoms with Crippen molar-refractivity contribution in [3.05, 3.63) is 69.1 Å². The Bertz CT molecular complexity index is 1180. The number of carbonyl (C=O) groups is 2. The van der Waals surface area contributed by atoms with E-state index in [-0.39, 0.29) is 23.5 Å². The van der Waals surface area contributed by atoms with Gasteiger partial charge in [-0.25, -0.2) is 4.39 Å². The number of fused-ring (bicyclic) bond motifs is 3. The fourth-order valence-electron chi connectivity index (χ4n) is 4.38. The summed E-state index contributed by atoms with van der Waals surface area (Å²) in [5.41, 5.74) is 3.22. The number of nitrogens with one attached hydrogen (secondary N) is 1. The molecule has 1 atom stereocenters. The highest BCUT2D eigenvalue weighted by Crippen LogP contribution is 2.36. The van der Waals surface area contributed by atoms with E-state index in [4.69, 9.17) is 23.2 Å². The summed E-state index contributed by atoms with van der Waals surface area (Å²) in [4.78, 5) is 23.9. The molecule has 0 unspecified atom stereocenters. The van der Waals surface area contributed by atoms with Crippen molar-refractivity contribution in [1.29, 1.82) is 0 Å². The van der Waals surface area contributed by atoms with Gasteiger partial charge in [0.2, 0.25) is 5.91 Å². The van der Waals surface area contributed by atoms with Crippen LogP contribution < -0.4 is 5.32 Å². The second-order valence-corrected chi connectivity index (χ2v) is 8.67. The highest BCUT2D eigenvalue weighted by atomic mass is 35.5. The SMILES string of the molecule is O=C(O)Cn1c2c(c3cc(F)cc(Cl)c31)C[C@@H](NC(=O)CCc1cccc(Cl)c1)CC2. The number of carboxylic acid groups (broad SMARTS) is 1. The van der Waals surface area contributed by atoms with E-state index in [2.05, 4.69) is 5.32 Å². The van der Waals surface area contributed by atoms with Gasteiger partial charge in [0, 0.05) is 28.6 Å². The molecule has 3 aromatic rings. The third-order valence-corrected chi connectivity index (χ3v) is 6.19. The van der Waals surface area contributed by atoms with Crippen LogP contribution in [0, 0.1) is 5.82 Å². The lowest BCUT2D eigenvalue weighted by Gasteiger charge is -2.25. The standard InChI is InChI=1S/C23H21Cl2FN2O3/c24-14-3-1-2-13(8-14)4-7-21(29)27-16-5-6-20-17(11-16)18-9-15(26)10-19(25)23(18)28(20)12-22(30)31/h1-3,8-10,16H,4-7,11-12H2,(H,27,29)(H,30,31)/t16-/m0/s1. The van der Waals surface area contributed by atoms with E-state index >= 15 is 0 Å². The van der Waals surface area contributed by atoms with E-state index in [9.17, 15) is 19.1 Å². The van der Waals surface area contributed by atoms with Crippen LogP contribution in [0.3, 0.4) is 0 Å². The molecule has 31 heavy (non-hydrogen) atoms. The van der Waals surface area contributed by atoms with Crippen molar-refractivity contribution in [3.8, 4) is 0 Å². The summed E-state index contributed by atoms with van der Waals surface area (Å²) in [5, 5.41) is 13.8. The minimum Gasteiger partial charge on any atom is -0.480 e. The number of benzene rings is 2. The molecule has 1 aliphatic rings. The minimum atomic E-state index is -0.989. The zero-order valence-corrected chi connectivity index (χ0v) is 18.1. The van der Waals surface area contributed by atoms with Gasteiger partial charge in [-0.1, -0.05) is 35.3 Å². The number of nitrogens with zero attached hydrogens (tertiary/aromatic N) is 1. The normalized spacial score (nSPS) is 15.6. The molecule has 1 aliphatic carbocycles. The first kappa shape index (κ1) is 21.7. The second-order valence-electron chi connectivity index (χ2n) is 7.83. The third-order valence-electron chi connectivity index (χ3n) is 5.67. The fourth-order valence-corrected chi connectivity index (χ4v) is 4.90. The van der Waals surface area contributed by atoms with E-state index in [0.29, 0.717) is 48.0 Å². The lowest BCUT2D eigenvalue weighted by atomic mass is 9.91. The Morgan fingerprint density at radius 3 is 2.77 bits per heavy atom. The molecule has 1 aromatic heterocycles. The molecule has 162 valence electrons. The molecule has 8 heteroatoms. The van der Waals surface area contributed by atoms with Gasteiger partial charge in [0.1, 0.15) is 12.4 Å². The Hall–Kier alpha value is -2.57. The van der Waals surface area contributed by atoms with Gasteiger partial charge in [-0.05, 0) is 61.1 Å². The van der Waals surface area contributed by atoms with Gasteiger partial charge in [-0.2, -0.15) is 0 Å². The van der Waals surface area contributed by atoms with E-state index in [1.165, 1.54) is 12.1 Å². The van der Waals surface area contributed by atoms with Crippen LogP contribution >= 0.6 is 23.2 Å². The molecule has 1 heterocycles. The molecule has 0 spiro atoms. The summed E-state index contributed by atoms with van der Waals surface area (Å²) >= 11 is 12.3. The van der Waals surface area contributed by atoms with Gasteiger partial charge in [0.15, 0.2) is 0 Å². The maximum Gasteiger partial charge on any atom is 0.323 e. The Kier molecular flexibility index (Phi) is 6.21.